The molecule has 0 unspecified atom stereocenters. The van der Waals surface area contributed by atoms with Gasteiger partial charge in [-0.1, -0.05) is 39.2 Å². The second kappa shape index (κ2) is 16.6. The average Bonchev–Trinajstić information content (AvgIpc) is 4.12. The molecule has 3 aliphatic carbocycles. The van der Waals surface area contributed by atoms with E-state index in [2.05, 4.69) is 21.9 Å². The normalized spacial score (nSPS) is 28.0. The number of ether oxygens (including phenoxy) is 4. The highest BCUT2D eigenvalue weighted by Gasteiger charge is 2.62. The molecule has 5 aliphatic rings. The van der Waals surface area contributed by atoms with Gasteiger partial charge in [-0.05, 0) is 81.3 Å². The molecular formula is C42H57N5O10S. The molecule has 4 bridgehead atoms. The standard InChI is InChI=1S/C42H57N5O10S/c1-6-27-22-42(27,39(50)46-58(52,53)29-15-16-29)45-37(48)32-19-28-23-47(32)38(49)36(25-12-9-8-10-13-25)44-40(51)56-24-41(3,4)17-11-14-26-18-30-31(20-33(26)54-5)43-35(55-7-2)21-34(30)57-28/h6,18,20-21,25,27-29,32,36H,1,7-17,19,22-24H2,2-5H3,(H,44,51)(H,45,48)(H,46,50)/t27-,28+,32-,36-,42-/m0/s1. The van der Waals surface area contributed by atoms with Gasteiger partial charge in [0.05, 0.1) is 37.6 Å². The van der Waals surface area contributed by atoms with Gasteiger partial charge in [-0.15, -0.1) is 6.58 Å². The molecule has 3 N–H and O–H groups in total. The summed E-state index contributed by atoms with van der Waals surface area (Å²) in [7, 11) is -2.30. The second-order valence-electron chi connectivity index (χ2n) is 17.4. The van der Waals surface area contributed by atoms with Gasteiger partial charge in [0.1, 0.15) is 35.2 Å². The molecule has 0 spiro atoms. The van der Waals surface area contributed by atoms with Crippen LogP contribution in [0.1, 0.15) is 97.0 Å². The number of aryl methyl sites for hydroxylation is 1. The maximum atomic E-state index is 14.9. The number of pyridine rings is 1. The van der Waals surface area contributed by atoms with E-state index in [1.807, 2.05) is 32.9 Å². The molecule has 7 rings (SSSR count). The Bertz CT molecular complexity index is 2050. The second-order valence-corrected chi connectivity index (χ2v) is 19.3. The zero-order valence-electron chi connectivity index (χ0n) is 34.0. The topological polar surface area (TPSA) is 192 Å². The van der Waals surface area contributed by atoms with E-state index in [9.17, 15) is 27.6 Å². The Morgan fingerprint density at radius 2 is 1.86 bits per heavy atom. The van der Waals surface area contributed by atoms with Crippen LogP contribution < -0.4 is 29.6 Å². The highest BCUT2D eigenvalue weighted by atomic mass is 32.2. The summed E-state index contributed by atoms with van der Waals surface area (Å²) in [5.74, 6) is -1.19. The third-order valence-electron chi connectivity index (χ3n) is 12.4. The van der Waals surface area contributed by atoms with Gasteiger partial charge < -0.3 is 34.5 Å². The van der Waals surface area contributed by atoms with E-state index in [1.165, 1.54) is 11.0 Å². The first-order valence-electron chi connectivity index (χ1n) is 20.7. The van der Waals surface area contributed by atoms with Crippen LogP contribution >= 0.6 is 0 Å². The minimum atomic E-state index is -3.91. The van der Waals surface area contributed by atoms with Gasteiger partial charge in [0.25, 0.3) is 5.91 Å². The minimum Gasteiger partial charge on any atom is -0.496 e. The summed E-state index contributed by atoms with van der Waals surface area (Å²) in [4.78, 5) is 62.8. The smallest absolute Gasteiger partial charge is 0.407 e. The highest BCUT2D eigenvalue weighted by molar-refractivity contribution is 7.91. The fraction of sp³-hybridized carbons (Fsp3) is 0.643. The van der Waals surface area contributed by atoms with E-state index >= 15 is 0 Å². The lowest BCUT2D eigenvalue weighted by Crippen LogP contribution is -2.59. The lowest BCUT2D eigenvalue weighted by molar-refractivity contribution is -0.142. The SMILES string of the molecule is C=C[C@H]1C[C@@]1(NC(=O)[C@@H]1C[C@@H]2CN1C(=O)[C@H](C1CCCCC1)NC(=O)OCC(C)(C)CCCc1cc3c(cc(OCC)nc3cc1OC)O2)C(=O)NS(=O)(=O)C1CC1. The van der Waals surface area contributed by atoms with Crippen molar-refractivity contribution in [2.45, 2.75) is 127 Å². The quantitative estimate of drug-likeness (QED) is 0.282. The number of sulfonamides is 1. The van der Waals surface area contributed by atoms with Crippen LogP contribution in [0.5, 0.6) is 17.4 Å². The van der Waals surface area contributed by atoms with Crippen molar-refractivity contribution in [2.24, 2.45) is 17.3 Å². The van der Waals surface area contributed by atoms with Crippen molar-refractivity contribution in [1.82, 2.24) is 25.2 Å². The molecule has 16 heteroatoms. The average molecular weight is 824 g/mol. The molecule has 5 atom stereocenters. The molecule has 3 heterocycles. The van der Waals surface area contributed by atoms with Crippen molar-refractivity contribution in [3.8, 4) is 17.4 Å². The van der Waals surface area contributed by atoms with Crippen molar-refractivity contribution in [1.29, 1.82) is 0 Å². The zero-order valence-corrected chi connectivity index (χ0v) is 34.8. The number of nitrogens with zero attached hydrogens (tertiary/aromatic N) is 2. The van der Waals surface area contributed by atoms with E-state index in [0.29, 0.717) is 67.0 Å². The van der Waals surface area contributed by atoms with E-state index in [1.54, 1.807) is 13.2 Å². The number of nitrogens with one attached hydrogen (secondary N) is 3. The van der Waals surface area contributed by atoms with Crippen LogP contribution in [0.25, 0.3) is 10.9 Å². The van der Waals surface area contributed by atoms with Crippen LogP contribution in [-0.2, 0) is 35.6 Å². The van der Waals surface area contributed by atoms with Gasteiger partial charge in [-0.2, -0.15) is 0 Å². The molecule has 2 aromatic rings. The van der Waals surface area contributed by atoms with Crippen molar-refractivity contribution >= 4 is 44.7 Å². The maximum absolute atomic E-state index is 14.9. The Kier molecular flexibility index (Phi) is 11.9. The molecule has 15 nitrogen and oxygen atoms in total. The van der Waals surface area contributed by atoms with Crippen molar-refractivity contribution in [3.05, 3.63) is 36.4 Å². The molecule has 1 aromatic heterocycles. The number of methoxy groups -OCH3 is 1. The van der Waals surface area contributed by atoms with Crippen LogP contribution in [0, 0.1) is 17.3 Å². The van der Waals surface area contributed by atoms with Gasteiger partial charge in [0.15, 0.2) is 0 Å². The van der Waals surface area contributed by atoms with Crippen LogP contribution in [0.2, 0.25) is 0 Å². The molecular weight excluding hydrogens is 767 g/mol. The third kappa shape index (κ3) is 8.86. The van der Waals surface area contributed by atoms with E-state index in [-0.39, 0.29) is 37.3 Å². The number of hydrogen-bond acceptors (Lipinski definition) is 11. The Labute approximate surface area is 340 Å². The summed E-state index contributed by atoms with van der Waals surface area (Å²) in [5, 5.41) is 5.83. The lowest BCUT2D eigenvalue weighted by atomic mass is 9.83. The Morgan fingerprint density at radius 3 is 2.53 bits per heavy atom. The van der Waals surface area contributed by atoms with Crippen molar-refractivity contribution in [2.75, 3.05) is 26.9 Å². The summed E-state index contributed by atoms with van der Waals surface area (Å²) < 4.78 is 52.0. The van der Waals surface area contributed by atoms with E-state index in [4.69, 9.17) is 23.9 Å². The van der Waals surface area contributed by atoms with Crippen LogP contribution in [-0.4, -0.2) is 98.0 Å². The predicted octanol–water partition coefficient (Wildman–Crippen LogP) is 4.70. The monoisotopic (exact) mass is 823 g/mol. The number of carbonyl (C=O) groups is 4. The number of cyclic esters (lactones) is 1. The van der Waals surface area contributed by atoms with Gasteiger partial charge in [0.2, 0.25) is 27.7 Å². The fourth-order valence-corrected chi connectivity index (χ4v) is 10.2. The van der Waals surface area contributed by atoms with Gasteiger partial charge in [-0.25, -0.2) is 18.2 Å². The fourth-order valence-electron chi connectivity index (χ4n) is 8.81. The number of alkyl carbamates (subject to hydrolysis) is 1. The Balaban J connectivity index is 1.27. The predicted molar refractivity (Wildman–Crippen MR) is 215 cm³/mol. The van der Waals surface area contributed by atoms with Crippen LogP contribution in [0.3, 0.4) is 0 Å². The van der Waals surface area contributed by atoms with E-state index < -0.39 is 68.7 Å². The number of rotatable bonds is 10. The van der Waals surface area contributed by atoms with Crippen LogP contribution in [0.4, 0.5) is 4.79 Å². The molecule has 3 saturated carbocycles. The van der Waals surface area contributed by atoms with Gasteiger partial charge in [0, 0.05) is 29.9 Å². The first kappa shape index (κ1) is 41.6. The largest absolute Gasteiger partial charge is 0.496 e. The molecule has 1 aromatic carbocycles. The van der Waals surface area contributed by atoms with Crippen molar-refractivity contribution in [3.63, 3.8) is 0 Å². The van der Waals surface area contributed by atoms with Gasteiger partial charge >= 0.3 is 6.09 Å². The minimum absolute atomic E-state index is 0.0131. The number of fused-ring (bicyclic) bond motifs is 3. The maximum Gasteiger partial charge on any atom is 0.407 e. The molecule has 58 heavy (non-hydrogen) atoms. The third-order valence-corrected chi connectivity index (χ3v) is 14.2. The lowest BCUT2D eigenvalue weighted by Gasteiger charge is -2.35. The molecule has 2 aliphatic heterocycles. The molecule has 0 radical (unpaired) electrons. The number of carbonyl (C=O) groups excluding carboxylic acids is 4. The molecule has 4 amide bonds. The summed E-state index contributed by atoms with van der Waals surface area (Å²) in [6.07, 6.45) is 7.62. The summed E-state index contributed by atoms with van der Waals surface area (Å²) in [6, 6.07) is 3.45. The first-order chi connectivity index (χ1) is 27.7. The molecule has 1 saturated heterocycles. The summed E-state index contributed by atoms with van der Waals surface area (Å²) in [6.45, 7) is 10.2. The number of aromatic nitrogens is 1. The molecule has 4 fully saturated rings. The van der Waals surface area contributed by atoms with Crippen molar-refractivity contribution < 1.29 is 46.5 Å². The first-order valence-corrected chi connectivity index (χ1v) is 22.3. The van der Waals surface area contributed by atoms with Crippen LogP contribution in [0.15, 0.2) is 30.9 Å². The number of benzene rings is 1. The number of hydrogen-bond donors (Lipinski definition) is 3. The van der Waals surface area contributed by atoms with Gasteiger partial charge in [-0.3, -0.25) is 19.1 Å². The Morgan fingerprint density at radius 1 is 1.10 bits per heavy atom. The van der Waals surface area contributed by atoms with E-state index in [0.717, 1.165) is 37.7 Å². The molecule has 316 valence electrons. The number of amides is 4. The summed E-state index contributed by atoms with van der Waals surface area (Å²) in [5.41, 5.74) is -0.410. The summed E-state index contributed by atoms with van der Waals surface area (Å²) >= 11 is 0. The highest BCUT2D eigenvalue weighted by Crippen LogP contribution is 2.46. The zero-order chi connectivity index (χ0) is 41.4. The Hall–Kier alpha value is -4.60.